The average molecular weight is 1190 g/mol. The van der Waals surface area contributed by atoms with Gasteiger partial charge in [0.2, 0.25) is 65.0 Å². The molecule has 450 valence electrons. The average Bonchev–Trinajstić information content (AvgIpc) is 4.04. The standard InChI is InChI=1S/C46H64N14O12S2.2C2H4O2/c47-35(62)15-14-29-40(67)58-32(22-36(48)63)43(70)59-33(45(72)60-18-5-9-34(60)44(71)56-28(8-4-17-52-46(50)51)39(66)53-23-37(49)64)24-74-73-19-16-38(65)54-30(21-26-10-12-27(61)13-11-26)41(68)57-31(42(69)55-29)20-25-6-2-1-3-7-25;2*1-2(3)4/h1-3,6-7,10-13,28-34,61H,4-5,8-9,14-24H2,(H2,47,62)(H2,48,63)(H2,49,64)(H,53,66)(H,54,65)(H,55,69)(H,56,71)(H,57,68)(H,58,67)(H,59,70)(H4,50,51,52);2*1H3,(H,3,4)/t28-,29+,30+,31+,32+,33+,34+;;/m1../s1. The molecule has 0 unspecified atom stereocenters. The minimum Gasteiger partial charge on any atom is -0.508 e. The smallest absolute Gasteiger partial charge is 0.300 e. The van der Waals surface area contributed by atoms with Crippen LogP contribution in [0.3, 0.4) is 0 Å². The first-order chi connectivity index (χ1) is 38.7. The zero-order valence-corrected chi connectivity index (χ0v) is 46.7. The Kier molecular flexibility index (Phi) is 30.9. The third kappa shape index (κ3) is 28.0. The molecule has 2 aliphatic rings. The zero-order chi connectivity index (χ0) is 61.5. The number of phenolic OH excluding ortho intramolecular Hbond substituents is 1. The van der Waals surface area contributed by atoms with Gasteiger partial charge in [0.25, 0.3) is 11.9 Å². The number of hydrogen-bond acceptors (Lipinski definition) is 17. The van der Waals surface area contributed by atoms with Crippen molar-refractivity contribution in [2.24, 2.45) is 33.7 Å². The molecule has 0 aliphatic carbocycles. The van der Waals surface area contributed by atoms with Crippen LogP contribution in [-0.4, -0.2) is 177 Å². The number of primary amides is 3. The highest BCUT2D eigenvalue weighted by molar-refractivity contribution is 8.76. The van der Waals surface area contributed by atoms with E-state index in [1.807, 2.05) is 0 Å². The number of carbonyl (C=O) groups is 13. The Hall–Kier alpha value is -8.68. The molecule has 2 aromatic rings. The lowest BCUT2D eigenvalue weighted by molar-refractivity contribution is -0.142. The molecule has 4 rings (SSSR count). The summed E-state index contributed by atoms with van der Waals surface area (Å²) >= 11 is 0. The second kappa shape index (κ2) is 36.6. The number of aromatic hydroxyl groups is 1. The van der Waals surface area contributed by atoms with E-state index >= 15 is 0 Å². The first-order valence-corrected chi connectivity index (χ1v) is 27.9. The number of aliphatic carboxylic acids is 2. The second-order valence-electron chi connectivity index (χ2n) is 18.4. The van der Waals surface area contributed by atoms with Gasteiger partial charge in [0.1, 0.15) is 48.0 Å². The fourth-order valence-corrected chi connectivity index (χ4v) is 9.93. The number of carboxylic acid groups (broad SMARTS) is 2. The predicted octanol–water partition coefficient (Wildman–Crippen LogP) is -4.16. The van der Waals surface area contributed by atoms with E-state index in [0.29, 0.717) is 17.5 Å². The molecule has 2 heterocycles. The van der Waals surface area contributed by atoms with Gasteiger partial charge in [-0.05, 0) is 55.4 Å². The molecule has 0 spiro atoms. The van der Waals surface area contributed by atoms with Crippen molar-refractivity contribution in [3.8, 4) is 5.75 Å². The first kappa shape index (κ1) is 69.4. The molecule has 20 N–H and O–H groups in total. The third-order valence-corrected chi connectivity index (χ3v) is 13.9. The van der Waals surface area contributed by atoms with Crippen LogP contribution in [0.15, 0.2) is 59.6 Å². The van der Waals surface area contributed by atoms with Crippen molar-refractivity contribution < 1.29 is 77.6 Å². The van der Waals surface area contributed by atoms with Crippen molar-refractivity contribution in [1.82, 2.24) is 42.1 Å². The van der Waals surface area contributed by atoms with Crippen LogP contribution < -0.4 is 65.9 Å². The maximum absolute atomic E-state index is 14.6. The lowest BCUT2D eigenvalue weighted by atomic mass is 10.0. The minimum atomic E-state index is -1.77. The third-order valence-electron chi connectivity index (χ3n) is 11.5. The topological polar surface area (TPSA) is 513 Å². The number of hydrogen-bond donors (Lipinski definition) is 15. The summed E-state index contributed by atoms with van der Waals surface area (Å²) in [6, 6.07) is 4.52. The number of guanidine groups is 1. The highest BCUT2D eigenvalue weighted by Gasteiger charge is 2.40. The van der Waals surface area contributed by atoms with Gasteiger partial charge < -0.3 is 86.1 Å². The van der Waals surface area contributed by atoms with Crippen LogP contribution >= 0.6 is 21.6 Å². The SMILES string of the molecule is CC(=O)O.CC(=O)O.NC(=O)CC[C@@H]1NC(=O)[C@H](Cc2ccccc2)NC(=O)[C@H](Cc2ccc(O)cc2)NC(=O)CCSSC[C@@H](C(=O)N2CCC[C@H]2C(=O)N[C@H](CCCN=C(N)N)C(=O)NCC(N)=O)NC(=O)[C@H](CC(N)=O)NC1=O. The molecule has 7 atom stereocenters. The number of nitrogens with zero attached hydrogens (tertiary/aromatic N) is 2. The van der Waals surface area contributed by atoms with Crippen LogP contribution in [0.2, 0.25) is 0 Å². The van der Waals surface area contributed by atoms with Gasteiger partial charge in [-0.2, -0.15) is 0 Å². The van der Waals surface area contributed by atoms with Gasteiger partial charge in [0.15, 0.2) is 5.96 Å². The fourth-order valence-electron chi connectivity index (χ4n) is 7.78. The quantitative estimate of drug-likeness (QED) is 0.0275. The van der Waals surface area contributed by atoms with E-state index in [-0.39, 0.29) is 74.8 Å². The first-order valence-electron chi connectivity index (χ1n) is 25.4. The molecule has 11 amide bonds. The van der Waals surface area contributed by atoms with Crippen LogP contribution in [0.4, 0.5) is 0 Å². The number of phenols is 1. The molecular formula is C50H72N14O16S2. The van der Waals surface area contributed by atoms with E-state index in [1.165, 1.54) is 17.0 Å². The van der Waals surface area contributed by atoms with Crippen LogP contribution in [-0.2, 0) is 75.2 Å². The summed E-state index contributed by atoms with van der Waals surface area (Å²) in [5, 5.41) is 42.6. The highest BCUT2D eigenvalue weighted by Crippen LogP contribution is 2.26. The predicted molar refractivity (Wildman–Crippen MR) is 299 cm³/mol. The van der Waals surface area contributed by atoms with Crippen LogP contribution in [0.25, 0.3) is 0 Å². The number of carboxylic acids is 2. The monoisotopic (exact) mass is 1190 g/mol. The summed E-state index contributed by atoms with van der Waals surface area (Å²) in [7, 11) is 2.19. The molecule has 82 heavy (non-hydrogen) atoms. The normalized spacial score (nSPS) is 20.2. The molecule has 2 saturated heterocycles. The number of benzene rings is 2. The molecule has 0 saturated carbocycles. The number of amides is 11. The maximum Gasteiger partial charge on any atom is 0.300 e. The Morgan fingerprint density at radius 2 is 1.26 bits per heavy atom. The van der Waals surface area contributed by atoms with Crippen molar-refractivity contribution in [3.05, 3.63) is 65.7 Å². The lowest BCUT2D eigenvalue weighted by Gasteiger charge is -2.31. The number of likely N-dealkylation sites (tertiary alicyclic amines) is 1. The Morgan fingerprint density at radius 1 is 0.707 bits per heavy atom. The van der Waals surface area contributed by atoms with E-state index in [4.69, 9.17) is 48.5 Å². The Bertz CT molecular complexity index is 2570. The molecule has 2 aliphatic heterocycles. The van der Waals surface area contributed by atoms with Gasteiger partial charge in [-0.15, -0.1) is 0 Å². The van der Waals surface area contributed by atoms with Gasteiger partial charge in [0.05, 0.1) is 13.0 Å². The van der Waals surface area contributed by atoms with Crippen molar-refractivity contribution in [1.29, 1.82) is 0 Å². The Morgan fingerprint density at radius 3 is 1.83 bits per heavy atom. The number of nitrogens with two attached hydrogens (primary N) is 5. The highest BCUT2D eigenvalue weighted by atomic mass is 33.1. The maximum atomic E-state index is 14.6. The fraction of sp³-hybridized carbons (Fsp3) is 0.480. The van der Waals surface area contributed by atoms with Crippen molar-refractivity contribution in [2.45, 2.75) is 120 Å². The van der Waals surface area contributed by atoms with E-state index in [2.05, 4.69) is 42.2 Å². The van der Waals surface area contributed by atoms with Gasteiger partial charge in [0, 0.05) is 64.1 Å². The number of nitrogens with one attached hydrogen (secondary N) is 7. The van der Waals surface area contributed by atoms with Gasteiger partial charge >= 0.3 is 0 Å². The number of rotatable bonds is 19. The Labute approximate surface area is 479 Å². The zero-order valence-electron chi connectivity index (χ0n) is 45.1. The second-order valence-corrected chi connectivity index (χ2v) is 21.0. The summed E-state index contributed by atoms with van der Waals surface area (Å²) < 4.78 is 0. The summed E-state index contributed by atoms with van der Waals surface area (Å²) in [5.41, 5.74) is 28.1. The van der Waals surface area contributed by atoms with E-state index in [1.54, 1.807) is 42.5 Å². The van der Waals surface area contributed by atoms with Crippen LogP contribution in [0.1, 0.15) is 76.3 Å². The van der Waals surface area contributed by atoms with Gasteiger partial charge in [-0.3, -0.25) is 67.3 Å². The molecule has 2 aromatic carbocycles. The lowest BCUT2D eigenvalue weighted by Crippen LogP contribution is -2.61. The van der Waals surface area contributed by atoms with Gasteiger partial charge in [-0.25, -0.2) is 0 Å². The number of carbonyl (C=O) groups excluding carboxylic acids is 11. The molecule has 0 aromatic heterocycles. The minimum absolute atomic E-state index is 0.0128. The van der Waals surface area contributed by atoms with Crippen molar-refractivity contribution in [3.63, 3.8) is 0 Å². The van der Waals surface area contributed by atoms with Crippen molar-refractivity contribution >= 4 is 104 Å². The Balaban J connectivity index is 0.00000268. The van der Waals surface area contributed by atoms with Crippen LogP contribution in [0, 0.1) is 0 Å². The van der Waals surface area contributed by atoms with E-state index in [9.17, 15) is 57.8 Å². The summed E-state index contributed by atoms with van der Waals surface area (Å²) in [6.45, 7) is 1.77. The van der Waals surface area contributed by atoms with Crippen molar-refractivity contribution in [2.75, 3.05) is 31.1 Å². The van der Waals surface area contributed by atoms with Crippen LogP contribution in [0.5, 0.6) is 5.75 Å². The van der Waals surface area contributed by atoms with E-state index in [0.717, 1.165) is 35.4 Å². The van der Waals surface area contributed by atoms with E-state index < -0.39 is 145 Å². The summed E-state index contributed by atoms with van der Waals surface area (Å²) in [6.07, 6.45) is -1.34. The molecule has 32 heteroatoms. The summed E-state index contributed by atoms with van der Waals surface area (Å²) in [4.78, 5) is 171. The molecular weight excluding hydrogens is 1120 g/mol. The molecule has 0 bridgehead atoms. The molecule has 0 radical (unpaired) electrons. The van der Waals surface area contributed by atoms with Gasteiger partial charge in [-0.1, -0.05) is 64.1 Å². The molecule has 2 fully saturated rings. The number of aliphatic imine (C=N–C) groups is 1. The largest absolute Gasteiger partial charge is 0.508 e. The molecule has 30 nitrogen and oxygen atoms in total. The summed E-state index contributed by atoms with van der Waals surface area (Å²) in [5.74, 6) is -11.4.